The van der Waals surface area contributed by atoms with Gasteiger partial charge in [-0.05, 0) is 13.1 Å². The quantitative estimate of drug-likeness (QED) is 0.502. The Morgan fingerprint density at radius 3 is 2.40 bits per heavy atom. The second kappa shape index (κ2) is 2.27. The van der Waals surface area contributed by atoms with Crippen LogP contribution in [0.15, 0.2) is 6.08 Å². The Kier molecular flexibility index (Phi) is 1.72. The van der Waals surface area contributed by atoms with Crippen LogP contribution in [0.4, 0.5) is 13.2 Å². The highest BCUT2D eigenvalue weighted by molar-refractivity contribution is 4.99. The third kappa shape index (κ3) is 1.31. The minimum absolute atomic E-state index is 0.337. The van der Waals surface area contributed by atoms with E-state index in [9.17, 15) is 13.2 Å². The zero-order valence-corrected chi connectivity index (χ0v) is 5.44. The maximum Gasteiger partial charge on any atom is 0.408 e. The van der Waals surface area contributed by atoms with E-state index in [0.717, 1.165) is 0 Å². The molecule has 0 spiro atoms. The van der Waals surface area contributed by atoms with Crippen LogP contribution in [-0.4, -0.2) is 30.7 Å². The fraction of sp³-hybridized carbons (Fsp3) is 0.667. The summed E-state index contributed by atoms with van der Waals surface area (Å²) in [6.45, 7) is 0.337. The van der Waals surface area contributed by atoms with Crippen molar-refractivity contribution in [3.05, 3.63) is 12.2 Å². The van der Waals surface area contributed by atoms with Crippen molar-refractivity contribution in [2.75, 3.05) is 13.6 Å². The normalized spacial score (nSPS) is 27.8. The van der Waals surface area contributed by atoms with Gasteiger partial charge in [-0.25, -0.2) is 0 Å². The number of hydrogen-bond acceptors (Lipinski definition) is 1. The average molecular weight is 150 g/mol. The standard InChI is InChI=1S/C6H7F3N/c1-10-4-2-3-5(10)6(7,8)9/h2,5H,4H2,1H3. The SMILES string of the molecule is CN1CC=[C]C1C(F)(F)F. The van der Waals surface area contributed by atoms with Crippen molar-refractivity contribution in [1.29, 1.82) is 0 Å². The molecule has 0 saturated heterocycles. The lowest BCUT2D eigenvalue weighted by Gasteiger charge is -2.20. The summed E-state index contributed by atoms with van der Waals surface area (Å²) in [4.78, 5) is 1.19. The molecule has 1 aliphatic heterocycles. The van der Waals surface area contributed by atoms with Gasteiger partial charge in [0.2, 0.25) is 0 Å². The number of rotatable bonds is 0. The molecule has 10 heavy (non-hydrogen) atoms. The van der Waals surface area contributed by atoms with Gasteiger partial charge in [0, 0.05) is 6.54 Å². The van der Waals surface area contributed by atoms with Crippen molar-refractivity contribution >= 4 is 0 Å². The van der Waals surface area contributed by atoms with Crippen molar-refractivity contribution < 1.29 is 13.2 Å². The lowest BCUT2D eigenvalue weighted by Crippen LogP contribution is -2.38. The van der Waals surface area contributed by atoms with Crippen LogP contribution in [0.2, 0.25) is 0 Å². The van der Waals surface area contributed by atoms with Crippen LogP contribution in [0, 0.1) is 6.08 Å². The average Bonchev–Trinajstić information content (AvgIpc) is 2.11. The van der Waals surface area contributed by atoms with E-state index in [1.807, 2.05) is 0 Å². The molecule has 1 heterocycles. The maximum absolute atomic E-state index is 11.9. The third-order valence-electron chi connectivity index (χ3n) is 1.41. The van der Waals surface area contributed by atoms with Gasteiger partial charge in [-0.2, -0.15) is 13.2 Å². The van der Waals surface area contributed by atoms with Crippen LogP contribution in [0.1, 0.15) is 0 Å². The molecule has 0 aromatic carbocycles. The Balaban J connectivity index is 2.64. The van der Waals surface area contributed by atoms with Gasteiger partial charge in [0.05, 0.1) is 0 Å². The summed E-state index contributed by atoms with van der Waals surface area (Å²) in [5.74, 6) is 0. The van der Waals surface area contributed by atoms with Crippen LogP contribution in [0.5, 0.6) is 0 Å². The molecule has 0 bridgehead atoms. The Hall–Kier alpha value is -0.510. The van der Waals surface area contributed by atoms with Gasteiger partial charge >= 0.3 is 6.18 Å². The number of alkyl halides is 3. The molecule has 1 rings (SSSR count). The van der Waals surface area contributed by atoms with E-state index in [2.05, 4.69) is 6.08 Å². The van der Waals surface area contributed by atoms with Gasteiger partial charge in [0.15, 0.2) is 0 Å². The van der Waals surface area contributed by atoms with Crippen LogP contribution >= 0.6 is 0 Å². The molecule has 1 aliphatic rings. The predicted octanol–water partition coefficient (Wildman–Crippen LogP) is 1.22. The fourth-order valence-corrected chi connectivity index (χ4v) is 0.885. The smallest absolute Gasteiger partial charge is 0.288 e. The van der Waals surface area contributed by atoms with Gasteiger partial charge < -0.3 is 0 Å². The summed E-state index contributed by atoms with van der Waals surface area (Å²) in [5.41, 5.74) is 0. The highest BCUT2D eigenvalue weighted by Crippen LogP contribution is 2.26. The maximum atomic E-state index is 11.9. The molecule has 1 nitrogen and oxygen atoms in total. The number of halogens is 3. The van der Waals surface area contributed by atoms with Crippen LogP contribution in [0.3, 0.4) is 0 Å². The molecule has 1 radical (unpaired) electrons. The van der Waals surface area contributed by atoms with E-state index in [1.165, 1.54) is 18.0 Å². The van der Waals surface area contributed by atoms with Crippen molar-refractivity contribution in [3.8, 4) is 0 Å². The van der Waals surface area contributed by atoms with Gasteiger partial charge in [-0.1, -0.05) is 6.08 Å². The largest absolute Gasteiger partial charge is 0.408 e. The lowest BCUT2D eigenvalue weighted by molar-refractivity contribution is -0.164. The van der Waals surface area contributed by atoms with Crippen molar-refractivity contribution in [3.63, 3.8) is 0 Å². The predicted molar refractivity (Wildman–Crippen MR) is 30.3 cm³/mol. The first-order valence-corrected chi connectivity index (χ1v) is 2.86. The summed E-state index contributed by atoms with van der Waals surface area (Å²) >= 11 is 0. The Morgan fingerprint density at radius 2 is 2.20 bits per heavy atom. The van der Waals surface area contributed by atoms with Gasteiger partial charge in [0.25, 0.3) is 0 Å². The Labute approximate surface area is 57.1 Å². The summed E-state index contributed by atoms with van der Waals surface area (Å²) in [6, 6.07) is -1.49. The first kappa shape index (κ1) is 7.60. The van der Waals surface area contributed by atoms with Gasteiger partial charge in [0.1, 0.15) is 6.04 Å². The monoisotopic (exact) mass is 150 g/mol. The second-order valence-electron chi connectivity index (χ2n) is 2.25. The minimum atomic E-state index is -4.16. The minimum Gasteiger partial charge on any atom is -0.288 e. The molecule has 57 valence electrons. The molecule has 0 aromatic heterocycles. The topological polar surface area (TPSA) is 3.24 Å². The molecule has 0 aliphatic carbocycles. The van der Waals surface area contributed by atoms with Gasteiger partial charge in [-0.3, -0.25) is 4.90 Å². The first-order chi connectivity index (χ1) is 4.52. The fourth-order valence-electron chi connectivity index (χ4n) is 0.885. The number of likely N-dealkylation sites (N-methyl/N-ethyl adjacent to an activating group) is 1. The van der Waals surface area contributed by atoms with E-state index < -0.39 is 12.2 Å². The summed E-state index contributed by atoms with van der Waals surface area (Å²) in [6.07, 6.45) is -0.542. The molecule has 0 aromatic rings. The molecule has 1 unspecified atom stereocenters. The highest BCUT2D eigenvalue weighted by Gasteiger charge is 2.42. The number of hydrogen-bond donors (Lipinski definition) is 0. The van der Waals surface area contributed by atoms with Crippen LogP contribution < -0.4 is 0 Å². The molecule has 0 amide bonds. The molecule has 0 N–H and O–H groups in total. The van der Waals surface area contributed by atoms with Gasteiger partial charge in [-0.15, -0.1) is 0 Å². The van der Waals surface area contributed by atoms with Crippen molar-refractivity contribution in [2.24, 2.45) is 0 Å². The van der Waals surface area contributed by atoms with E-state index in [1.54, 1.807) is 0 Å². The second-order valence-corrected chi connectivity index (χ2v) is 2.25. The Bertz CT molecular complexity index is 150. The summed E-state index contributed by atoms with van der Waals surface area (Å²) < 4.78 is 35.7. The molecular weight excluding hydrogens is 143 g/mol. The van der Waals surface area contributed by atoms with E-state index in [4.69, 9.17) is 0 Å². The zero-order chi connectivity index (χ0) is 7.78. The third-order valence-corrected chi connectivity index (χ3v) is 1.41. The van der Waals surface area contributed by atoms with Crippen LogP contribution in [0.25, 0.3) is 0 Å². The van der Waals surface area contributed by atoms with Crippen molar-refractivity contribution in [2.45, 2.75) is 12.2 Å². The van der Waals surface area contributed by atoms with Crippen LogP contribution in [-0.2, 0) is 0 Å². The molecule has 1 atom stereocenters. The lowest BCUT2D eigenvalue weighted by atomic mass is 10.3. The highest BCUT2D eigenvalue weighted by atomic mass is 19.4. The Morgan fingerprint density at radius 1 is 1.60 bits per heavy atom. The summed E-state index contributed by atoms with van der Waals surface area (Å²) in [5, 5.41) is 0. The molecular formula is C6H7F3N. The summed E-state index contributed by atoms with van der Waals surface area (Å²) in [7, 11) is 1.43. The molecule has 4 heteroatoms. The number of nitrogens with zero attached hydrogens (tertiary/aromatic N) is 1. The first-order valence-electron chi connectivity index (χ1n) is 2.86. The van der Waals surface area contributed by atoms with E-state index in [0.29, 0.717) is 6.54 Å². The van der Waals surface area contributed by atoms with Crippen molar-refractivity contribution in [1.82, 2.24) is 4.90 Å². The molecule has 0 saturated carbocycles. The van der Waals surface area contributed by atoms with E-state index >= 15 is 0 Å². The van der Waals surface area contributed by atoms with E-state index in [-0.39, 0.29) is 0 Å². The molecule has 0 fully saturated rings. The zero-order valence-electron chi connectivity index (χ0n) is 5.44.